The van der Waals surface area contributed by atoms with E-state index < -0.39 is 0 Å². The van der Waals surface area contributed by atoms with Crippen LogP contribution in [0.15, 0.2) is 36.7 Å². The summed E-state index contributed by atoms with van der Waals surface area (Å²) in [6, 6.07) is 9.81. The quantitative estimate of drug-likeness (QED) is 0.684. The number of carbonyl (C=O) groups excluding carboxylic acids is 1. The Balaban J connectivity index is 1.57. The minimum Gasteiger partial charge on any atom is -0.321 e. The lowest BCUT2D eigenvalue weighted by Gasteiger charge is -2.33. The van der Waals surface area contributed by atoms with E-state index in [4.69, 9.17) is 0 Å². The van der Waals surface area contributed by atoms with Crippen LogP contribution in [0.5, 0.6) is 0 Å². The predicted octanol–water partition coefficient (Wildman–Crippen LogP) is 4.95. The number of benzene rings is 1. The van der Waals surface area contributed by atoms with Crippen LogP contribution >= 0.6 is 11.3 Å². The van der Waals surface area contributed by atoms with Crippen molar-refractivity contribution in [1.82, 2.24) is 14.8 Å². The van der Waals surface area contributed by atoms with Crippen LogP contribution in [-0.2, 0) is 19.9 Å². The lowest BCUT2D eigenvalue weighted by Crippen LogP contribution is -2.26. The summed E-state index contributed by atoms with van der Waals surface area (Å²) in [6.07, 6.45) is 5.00. The summed E-state index contributed by atoms with van der Waals surface area (Å²) in [5.41, 5.74) is 3.27. The molecule has 0 bridgehead atoms. The summed E-state index contributed by atoms with van der Waals surface area (Å²) in [5.74, 6) is 1.35. The fourth-order valence-corrected chi connectivity index (χ4v) is 4.98. The average molecular weight is 395 g/mol. The van der Waals surface area contributed by atoms with Gasteiger partial charge in [-0.2, -0.15) is 0 Å². The monoisotopic (exact) mass is 394 g/mol. The molecule has 0 saturated carbocycles. The number of rotatable bonds is 3. The molecule has 4 rings (SSSR count). The van der Waals surface area contributed by atoms with E-state index in [1.807, 2.05) is 35.9 Å². The van der Waals surface area contributed by atoms with Crippen LogP contribution in [0.3, 0.4) is 0 Å². The highest BCUT2D eigenvalue weighted by Gasteiger charge is 2.30. The zero-order valence-electron chi connectivity index (χ0n) is 16.8. The lowest BCUT2D eigenvalue weighted by molar-refractivity contribution is 0.103. The normalized spacial score (nSPS) is 16.6. The number of nitrogens with zero attached hydrogens (tertiary/aromatic N) is 3. The number of thiophene rings is 1. The number of hydrogen-bond donors (Lipinski definition) is 1. The van der Waals surface area contributed by atoms with E-state index >= 15 is 0 Å². The summed E-state index contributed by atoms with van der Waals surface area (Å²) in [7, 11) is 1.90. The van der Waals surface area contributed by atoms with Gasteiger partial charge >= 0.3 is 0 Å². The number of amides is 1. The van der Waals surface area contributed by atoms with Crippen molar-refractivity contribution in [1.29, 1.82) is 0 Å². The van der Waals surface area contributed by atoms with E-state index in [0.29, 0.717) is 11.3 Å². The molecule has 1 amide bonds. The van der Waals surface area contributed by atoms with E-state index in [2.05, 4.69) is 42.4 Å². The van der Waals surface area contributed by atoms with Crippen molar-refractivity contribution in [2.45, 2.75) is 40.0 Å². The van der Waals surface area contributed by atoms with E-state index in [-0.39, 0.29) is 5.91 Å². The van der Waals surface area contributed by atoms with Gasteiger partial charge in [0.05, 0.1) is 10.6 Å². The Morgan fingerprint density at radius 2 is 2.07 bits per heavy atom. The Kier molecular flexibility index (Phi) is 4.83. The Bertz CT molecular complexity index is 1010. The molecule has 0 radical (unpaired) electrons. The van der Waals surface area contributed by atoms with Gasteiger partial charge in [0.1, 0.15) is 6.33 Å². The average Bonchev–Trinajstić information content (AvgIpc) is 3.27. The van der Waals surface area contributed by atoms with E-state index in [1.54, 1.807) is 17.7 Å². The number of para-hydroxylation sites is 1. The van der Waals surface area contributed by atoms with Crippen molar-refractivity contribution in [2.24, 2.45) is 18.4 Å². The van der Waals surface area contributed by atoms with Crippen LogP contribution in [0.25, 0.3) is 11.4 Å². The van der Waals surface area contributed by atoms with Crippen LogP contribution in [0.1, 0.15) is 47.3 Å². The predicted molar refractivity (Wildman–Crippen MR) is 114 cm³/mol. The summed E-state index contributed by atoms with van der Waals surface area (Å²) in [5, 5.41) is 11.2. The molecule has 146 valence electrons. The fourth-order valence-electron chi connectivity index (χ4n) is 3.87. The van der Waals surface area contributed by atoms with Crippen molar-refractivity contribution in [3.05, 3.63) is 52.0 Å². The summed E-state index contributed by atoms with van der Waals surface area (Å²) < 4.78 is 1.85. The first kappa shape index (κ1) is 18.9. The molecule has 2 heterocycles. The van der Waals surface area contributed by atoms with Crippen LogP contribution < -0.4 is 5.32 Å². The van der Waals surface area contributed by atoms with Gasteiger partial charge in [-0.15, -0.1) is 21.5 Å². The maximum Gasteiger partial charge on any atom is 0.265 e. The van der Waals surface area contributed by atoms with Gasteiger partial charge in [0, 0.05) is 17.5 Å². The summed E-state index contributed by atoms with van der Waals surface area (Å²) in [6.45, 7) is 6.93. The standard InChI is InChI=1S/C22H26N4OS/c1-22(2,3)15-9-10-18-14(11-15)12-19(28-18)21(27)24-17-8-6-5-7-16(17)20-25-23-13-26(20)4/h5-8,12-13,15H,9-11H2,1-4H3,(H,24,27). The van der Waals surface area contributed by atoms with Crippen LogP contribution in [0, 0.1) is 11.3 Å². The van der Waals surface area contributed by atoms with E-state index in [0.717, 1.165) is 34.8 Å². The molecular weight excluding hydrogens is 368 g/mol. The molecule has 0 fully saturated rings. The molecule has 1 atom stereocenters. The Hall–Kier alpha value is -2.47. The second-order valence-electron chi connectivity index (χ2n) is 8.63. The molecule has 28 heavy (non-hydrogen) atoms. The maximum atomic E-state index is 13.0. The Morgan fingerprint density at radius 1 is 1.29 bits per heavy atom. The van der Waals surface area contributed by atoms with E-state index in [1.165, 1.54) is 16.9 Å². The zero-order chi connectivity index (χ0) is 19.9. The van der Waals surface area contributed by atoms with Crippen LogP contribution in [0.2, 0.25) is 0 Å². The van der Waals surface area contributed by atoms with Crippen molar-refractivity contribution in [2.75, 3.05) is 5.32 Å². The highest BCUT2D eigenvalue weighted by Crippen LogP contribution is 2.40. The molecule has 1 aliphatic rings. The minimum absolute atomic E-state index is 0.0543. The third-order valence-corrected chi connectivity index (χ3v) is 6.89. The Labute approximate surface area is 169 Å². The number of aryl methyl sites for hydroxylation is 2. The van der Waals surface area contributed by atoms with Gasteiger partial charge in [-0.1, -0.05) is 32.9 Å². The first-order valence-corrected chi connectivity index (χ1v) is 10.5. The Morgan fingerprint density at radius 3 is 2.79 bits per heavy atom. The second-order valence-corrected chi connectivity index (χ2v) is 9.77. The smallest absolute Gasteiger partial charge is 0.265 e. The third kappa shape index (κ3) is 3.61. The molecule has 1 aliphatic carbocycles. The van der Waals surface area contributed by atoms with Crippen molar-refractivity contribution in [3.63, 3.8) is 0 Å². The van der Waals surface area contributed by atoms with Gasteiger partial charge in [0.15, 0.2) is 5.82 Å². The molecule has 1 aromatic carbocycles. The van der Waals surface area contributed by atoms with Crippen LogP contribution in [0.4, 0.5) is 5.69 Å². The van der Waals surface area contributed by atoms with Gasteiger partial charge in [0.2, 0.25) is 0 Å². The van der Waals surface area contributed by atoms with Crippen LogP contribution in [-0.4, -0.2) is 20.7 Å². The highest BCUT2D eigenvalue weighted by molar-refractivity contribution is 7.14. The van der Waals surface area contributed by atoms with Gasteiger partial charge in [0.25, 0.3) is 5.91 Å². The third-order valence-electron chi connectivity index (χ3n) is 5.66. The van der Waals surface area contributed by atoms with Gasteiger partial charge < -0.3 is 9.88 Å². The summed E-state index contributed by atoms with van der Waals surface area (Å²) in [4.78, 5) is 15.1. The zero-order valence-corrected chi connectivity index (χ0v) is 17.6. The number of anilines is 1. The molecule has 1 N–H and O–H groups in total. The van der Waals surface area contributed by atoms with Crippen molar-refractivity contribution in [3.8, 4) is 11.4 Å². The van der Waals surface area contributed by atoms with Gasteiger partial charge in [-0.05, 0) is 54.4 Å². The fraction of sp³-hybridized carbons (Fsp3) is 0.409. The number of aromatic nitrogens is 3. The van der Waals surface area contributed by atoms with Gasteiger partial charge in [-0.25, -0.2) is 0 Å². The SMILES string of the molecule is Cn1cnnc1-c1ccccc1NC(=O)c1cc2c(s1)CCC(C(C)(C)C)C2. The maximum absolute atomic E-state index is 13.0. The molecule has 1 unspecified atom stereocenters. The highest BCUT2D eigenvalue weighted by atomic mass is 32.1. The topological polar surface area (TPSA) is 59.8 Å². The second kappa shape index (κ2) is 7.17. The molecule has 0 spiro atoms. The molecule has 2 aromatic heterocycles. The van der Waals surface area contributed by atoms with E-state index in [9.17, 15) is 4.79 Å². The first-order chi connectivity index (χ1) is 13.3. The number of carbonyl (C=O) groups is 1. The largest absolute Gasteiger partial charge is 0.321 e. The number of hydrogen-bond acceptors (Lipinski definition) is 4. The minimum atomic E-state index is -0.0543. The number of fused-ring (bicyclic) bond motifs is 1. The summed E-state index contributed by atoms with van der Waals surface area (Å²) >= 11 is 1.64. The molecule has 3 aromatic rings. The molecule has 5 nitrogen and oxygen atoms in total. The van der Waals surface area contributed by atoms with Crippen molar-refractivity contribution < 1.29 is 4.79 Å². The number of nitrogens with one attached hydrogen (secondary N) is 1. The molecular formula is C22H26N4OS. The lowest BCUT2D eigenvalue weighted by atomic mass is 9.72. The van der Waals surface area contributed by atoms with Gasteiger partial charge in [-0.3, -0.25) is 4.79 Å². The molecule has 0 aliphatic heterocycles. The molecule has 0 saturated heterocycles. The molecule has 6 heteroatoms. The van der Waals surface area contributed by atoms with Crippen molar-refractivity contribution >= 4 is 22.9 Å². The first-order valence-electron chi connectivity index (χ1n) is 9.69.